The predicted octanol–water partition coefficient (Wildman–Crippen LogP) is 2.27. The maximum Gasteiger partial charge on any atom is 0.251 e. The van der Waals surface area contributed by atoms with Crippen LogP contribution in [0.3, 0.4) is 0 Å². The van der Waals surface area contributed by atoms with Gasteiger partial charge in [0.05, 0.1) is 17.3 Å². The molecule has 0 spiro atoms. The highest BCUT2D eigenvalue weighted by Crippen LogP contribution is 2.39. The first-order valence-corrected chi connectivity index (χ1v) is 11.0. The van der Waals surface area contributed by atoms with Crippen molar-refractivity contribution < 1.29 is 19.4 Å². The fraction of sp³-hybridized carbons (Fsp3) is 0.478. The molecule has 10 nitrogen and oxygen atoms in total. The van der Waals surface area contributed by atoms with E-state index in [0.29, 0.717) is 42.5 Å². The van der Waals surface area contributed by atoms with Crippen LogP contribution in [0.15, 0.2) is 24.4 Å². The Morgan fingerprint density at radius 1 is 1.27 bits per heavy atom. The Morgan fingerprint density at radius 3 is 2.67 bits per heavy atom. The zero-order valence-electron chi connectivity index (χ0n) is 19.4. The molecule has 2 aliphatic heterocycles. The van der Waals surface area contributed by atoms with Crippen LogP contribution in [0.2, 0.25) is 0 Å². The zero-order valence-corrected chi connectivity index (χ0v) is 19.4. The smallest absolute Gasteiger partial charge is 0.251 e. The standard InChI is InChI=1S/C23H30N6O4/c1-23(2)13-29(15-7-9-33-10-8-15)19-17(28(4)21(23)32)12-25-22(27-19)26-16-6-5-14(11-18(16)30)20(31)24-3/h5-6,11-12,15,30H,7-10,13H2,1-4H3,(H,24,31)(H,25,26,27). The number of benzene rings is 1. The molecule has 1 aromatic heterocycles. The second-order valence-electron chi connectivity index (χ2n) is 9.06. The van der Waals surface area contributed by atoms with Crippen molar-refractivity contribution in [1.82, 2.24) is 15.3 Å². The number of amides is 2. The number of fused-ring (bicyclic) bond motifs is 1. The van der Waals surface area contributed by atoms with Gasteiger partial charge >= 0.3 is 0 Å². The maximum atomic E-state index is 13.1. The quantitative estimate of drug-likeness (QED) is 0.602. The lowest BCUT2D eigenvalue weighted by Crippen LogP contribution is -2.47. The van der Waals surface area contributed by atoms with Crippen LogP contribution in [0.25, 0.3) is 0 Å². The molecule has 1 saturated heterocycles. The summed E-state index contributed by atoms with van der Waals surface area (Å²) < 4.78 is 5.55. The molecule has 176 valence electrons. The maximum absolute atomic E-state index is 13.1. The van der Waals surface area contributed by atoms with Gasteiger partial charge in [0, 0.05) is 45.5 Å². The molecule has 33 heavy (non-hydrogen) atoms. The molecule has 0 radical (unpaired) electrons. The fourth-order valence-corrected chi connectivity index (χ4v) is 4.35. The number of nitrogens with zero attached hydrogens (tertiary/aromatic N) is 4. The predicted molar refractivity (Wildman–Crippen MR) is 125 cm³/mol. The van der Waals surface area contributed by atoms with Crippen molar-refractivity contribution in [2.45, 2.75) is 32.7 Å². The second kappa shape index (κ2) is 8.86. The lowest BCUT2D eigenvalue weighted by molar-refractivity contribution is -0.125. The third-order valence-electron chi connectivity index (χ3n) is 6.20. The molecule has 2 amide bonds. The Bertz CT molecular complexity index is 1070. The van der Waals surface area contributed by atoms with Crippen LogP contribution in [0, 0.1) is 5.41 Å². The number of phenols is 1. The van der Waals surface area contributed by atoms with Gasteiger partial charge in [-0.05, 0) is 44.9 Å². The first kappa shape index (κ1) is 22.8. The van der Waals surface area contributed by atoms with Crippen LogP contribution in [0.4, 0.5) is 23.1 Å². The van der Waals surface area contributed by atoms with Gasteiger partial charge in [0.25, 0.3) is 5.91 Å². The van der Waals surface area contributed by atoms with Crippen molar-refractivity contribution >= 4 is 35.0 Å². The summed E-state index contributed by atoms with van der Waals surface area (Å²) in [5, 5.41) is 16.0. The van der Waals surface area contributed by atoms with E-state index in [1.807, 2.05) is 13.8 Å². The third-order valence-corrected chi connectivity index (χ3v) is 6.20. The van der Waals surface area contributed by atoms with Gasteiger partial charge in [-0.3, -0.25) is 9.59 Å². The molecule has 2 aromatic rings. The Hall–Kier alpha value is -3.40. The Kier molecular flexibility index (Phi) is 6.11. The molecule has 1 fully saturated rings. The zero-order chi connectivity index (χ0) is 23.8. The van der Waals surface area contributed by atoms with E-state index in [1.165, 1.54) is 13.1 Å². The second-order valence-corrected chi connectivity index (χ2v) is 9.06. The van der Waals surface area contributed by atoms with Gasteiger partial charge in [-0.15, -0.1) is 0 Å². The molecule has 3 heterocycles. The topological polar surface area (TPSA) is 120 Å². The molecule has 2 aliphatic rings. The molecular formula is C23H30N6O4. The molecule has 0 atom stereocenters. The van der Waals surface area contributed by atoms with Crippen molar-refractivity contribution in [2.24, 2.45) is 5.41 Å². The lowest BCUT2D eigenvalue weighted by Gasteiger charge is -2.37. The van der Waals surface area contributed by atoms with Gasteiger partial charge in [0.1, 0.15) is 11.4 Å². The minimum Gasteiger partial charge on any atom is -0.506 e. The van der Waals surface area contributed by atoms with Gasteiger partial charge in [0.2, 0.25) is 11.9 Å². The van der Waals surface area contributed by atoms with E-state index in [2.05, 4.69) is 20.5 Å². The summed E-state index contributed by atoms with van der Waals surface area (Å²) in [6.07, 6.45) is 3.33. The highest BCUT2D eigenvalue weighted by Gasteiger charge is 2.41. The summed E-state index contributed by atoms with van der Waals surface area (Å²) in [5.41, 5.74) is 0.756. The molecular weight excluding hydrogens is 424 g/mol. The molecule has 0 unspecified atom stereocenters. The van der Waals surface area contributed by atoms with Crippen molar-refractivity contribution in [3.63, 3.8) is 0 Å². The summed E-state index contributed by atoms with van der Waals surface area (Å²) in [4.78, 5) is 37.9. The summed E-state index contributed by atoms with van der Waals surface area (Å²) in [6.45, 7) is 5.76. The van der Waals surface area contributed by atoms with Crippen molar-refractivity contribution in [3.05, 3.63) is 30.0 Å². The van der Waals surface area contributed by atoms with Crippen LogP contribution in [0.1, 0.15) is 37.0 Å². The molecule has 10 heteroatoms. The van der Waals surface area contributed by atoms with E-state index in [-0.39, 0.29) is 29.6 Å². The number of aromatic hydroxyl groups is 1. The number of carbonyl (C=O) groups excluding carboxylic acids is 2. The van der Waals surface area contributed by atoms with E-state index in [9.17, 15) is 14.7 Å². The van der Waals surface area contributed by atoms with Crippen molar-refractivity contribution in [1.29, 1.82) is 0 Å². The number of carbonyl (C=O) groups is 2. The van der Waals surface area contributed by atoms with Crippen LogP contribution in [-0.4, -0.2) is 66.8 Å². The van der Waals surface area contributed by atoms with Crippen LogP contribution >= 0.6 is 0 Å². The summed E-state index contributed by atoms with van der Waals surface area (Å²) >= 11 is 0. The molecule has 1 aromatic carbocycles. The first-order chi connectivity index (χ1) is 15.7. The molecule has 0 bridgehead atoms. The Labute approximate surface area is 193 Å². The molecule has 3 N–H and O–H groups in total. The average Bonchev–Trinajstić information content (AvgIpc) is 2.89. The minimum atomic E-state index is -0.602. The molecule has 0 aliphatic carbocycles. The van der Waals surface area contributed by atoms with Gasteiger partial charge in [-0.2, -0.15) is 4.98 Å². The number of hydrogen-bond donors (Lipinski definition) is 3. The summed E-state index contributed by atoms with van der Waals surface area (Å²) in [7, 11) is 3.28. The fourth-order valence-electron chi connectivity index (χ4n) is 4.35. The van der Waals surface area contributed by atoms with Crippen LogP contribution in [-0.2, 0) is 9.53 Å². The SMILES string of the molecule is CNC(=O)c1ccc(Nc2ncc3c(n2)N(C2CCOCC2)CC(C)(C)C(=O)N3C)c(O)c1. The Morgan fingerprint density at radius 2 is 2.00 bits per heavy atom. The van der Waals surface area contributed by atoms with Gasteiger partial charge in [-0.25, -0.2) is 4.98 Å². The largest absolute Gasteiger partial charge is 0.506 e. The van der Waals surface area contributed by atoms with Gasteiger partial charge < -0.3 is 30.3 Å². The first-order valence-electron chi connectivity index (χ1n) is 11.0. The number of hydrogen-bond acceptors (Lipinski definition) is 8. The van der Waals surface area contributed by atoms with Crippen molar-refractivity contribution in [2.75, 3.05) is 49.0 Å². The van der Waals surface area contributed by atoms with Gasteiger partial charge in [-0.1, -0.05) is 0 Å². The number of ether oxygens (including phenoxy) is 1. The number of nitrogens with one attached hydrogen (secondary N) is 2. The number of aromatic nitrogens is 2. The molecule has 0 saturated carbocycles. The third kappa shape index (κ3) is 4.43. The minimum absolute atomic E-state index is 0.00468. The number of anilines is 4. The van der Waals surface area contributed by atoms with Crippen molar-refractivity contribution in [3.8, 4) is 5.75 Å². The summed E-state index contributed by atoms with van der Waals surface area (Å²) in [5.74, 6) is 0.576. The Balaban J connectivity index is 1.71. The van der Waals surface area contributed by atoms with E-state index in [4.69, 9.17) is 9.72 Å². The highest BCUT2D eigenvalue weighted by molar-refractivity contribution is 6.01. The highest BCUT2D eigenvalue weighted by atomic mass is 16.5. The van der Waals surface area contributed by atoms with Crippen LogP contribution in [0.5, 0.6) is 5.75 Å². The van der Waals surface area contributed by atoms with E-state index in [1.54, 1.807) is 30.3 Å². The lowest BCUT2D eigenvalue weighted by atomic mass is 9.90. The van der Waals surface area contributed by atoms with Gasteiger partial charge in [0.15, 0.2) is 5.82 Å². The van der Waals surface area contributed by atoms with Crippen LogP contribution < -0.4 is 20.4 Å². The molecule has 4 rings (SSSR count). The monoisotopic (exact) mass is 454 g/mol. The van der Waals surface area contributed by atoms with E-state index >= 15 is 0 Å². The number of phenolic OH excluding ortho intramolecular Hbond substituents is 1. The average molecular weight is 455 g/mol. The van der Waals surface area contributed by atoms with E-state index < -0.39 is 5.41 Å². The van der Waals surface area contributed by atoms with E-state index in [0.717, 1.165) is 12.8 Å². The summed E-state index contributed by atoms with van der Waals surface area (Å²) in [6, 6.07) is 4.78. The number of rotatable bonds is 4. The normalized spacial score (nSPS) is 18.5.